The van der Waals surface area contributed by atoms with Crippen LogP contribution in [0.5, 0.6) is 17.2 Å². The summed E-state index contributed by atoms with van der Waals surface area (Å²) in [7, 11) is 4.40. The van der Waals surface area contributed by atoms with Gasteiger partial charge < -0.3 is 24.8 Å². The topological polar surface area (TPSA) is 112 Å². The van der Waals surface area contributed by atoms with E-state index in [-0.39, 0.29) is 31.1 Å². The van der Waals surface area contributed by atoms with E-state index in [0.29, 0.717) is 28.9 Å². The molecule has 2 rings (SSSR count). The fourth-order valence-corrected chi connectivity index (χ4v) is 2.85. The highest BCUT2D eigenvalue weighted by atomic mass is 19.4. The molecule has 2 aromatic carbocycles. The average Bonchev–Trinajstić information content (AvgIpc) is 2.76. The third-order valence-corrected chi connectivity index (χ3v) is 4.40. The molecular weight excluding hydrogens is 435 g/mol. The molecule has 0 aliphatic carbocycles. The molecule has 0 heterocycles. The van der Waals surface area contributed by atoms with E-state index in [1.54, 1.807) is 12.1 Å². The van der Waals surface area contributed by atoms with Crippen LogP contribution >= 0.6 is 0 Å². The number of carbonyl (C=O) groups excluding carboxylic acids is 1. The van der Waals surface area contributed by atoms with Crippen molar-refractivity contribution in [1.29, 1.82) is 0 Å². The second-order valence-corrected chi connectivity index (χ2v) is 6.47. The number of hydrogen-bond acceptors (Lipinski definition) is 7. The number of nitro benzene ring substituents is 1. The van der Waals surface area contributed by atoms with Crippen molar-refractivity contribution in [3.63, 3.8) is 0 Å². The molecule has 0 aliphatic heterocycles. The Hall–Kier alpha value is -3.70. The number of rotatable bonds is 10. The molecule has 0 spiro atoms. The van der Waals surface area contributed by atoms with E-state index >= 15 is 0 Å². The van der Waals surface area contributed by atoms with Crippen LogP contribution in [-0.4, -0.2) is 38.7 Å². The molecule has 1 amide bonds. The van der Waals surface area contributed by atoms with Crippen molar-refractivity contribution in [2.45, 2.75) is 19.1 Å². The lowest BCUT2D eigenvalue weighted by atomic mass is 10.1. The summed E-state index contributed by atoms with van der Waals surface area (Å²) in [6.07, 6.45) is -4.77. The van der Waals surface area contributed by atoms with E-state index in [1.807, 2.05) is 0 Å². The fourth-order valence-electron chi connectivity index (χ4n) is 2.85. The lowest BCUT2D eigenvalue weighted by Crippen LogP contribution is -2.25. The Balaban J connectivity index is 1.97. The van der Waals surface area contributed by atoms with Gasteiger partial charge in [-0.15, -0.1) is 0 Å². The largest absolute Gasteiger partial charge is 0.493 e. The van der Waals surface area contributed by atoms with E-state index < -0.39 is 22.4 Å². The third-order valence-electron chi connectivity index (χ3n) is 4.40. The first kappa shape index (κ1) is 24.6. The number of amides is 1. The Bertz CT molecular complexity index is 957. The lowest BCUT2D eigenvalue weighted by Gasteiger charge is -2.14. The van der Waals surface area contributed by atoms with E-state index in [4.69, 9.17) is 14.2 Å². The van der Waals surface area contributed by atoms with Gasteiger partial charge in [-0.05, 0) is 29.8 Å². The van der Waals surface area contributed by atoms with Gasteiger partial charge in [-0.2, -0.15) is 13.2 Å². The van der Waals surface area contributed by atoms with E-state index in [2.05, 4.69) is 10.6 Å². The van der Waals surface area contributed by atoms with Gasteiger partial charge in [0.25, 0.3) is 5.69 Å². The van der Waals surface area contributed by atoms with Gasteiger partial charge in [0, 0.05) is 25.6 Å². The van der Waals surface area contributed by atoms with Gasteiger partial charge in [0.2, 0.25) is 11.7 Å². The number of alkyl halides is 3. The van der Waals surface area contributed by atoms with Gasteiger partial charge in [0.15, 0.2) is 11.5 Å². The summed E-state index contributed by atoms with van der Waals surface area (Å²) < 4.78 is 54.0. The predicted molar refractivity (Wildman–Crippen MR) is 109 cm³/mol. The Kier molecular flexibility index (Phi) is 8.10. The van der Waals surface area contributed by atoms with Crippen molar-refractivity contribution < 1.29 is 37.1 Å². The molecule has 32 heavy (non-hydrogen) atoms. The molecule has 2 N–H and O–H groups in total. The second-order valence-electron chi connectivity index (χ2n) is 6.47. The molecule has 2 aromatic rings. The van der Waals surface area contributed by atoms with Gasteiger partial charge in [0.1, 0.15) is 5.69 Å². The maximum atomic E-state index is 12.8. The molecule has 0 saturated carbocycles. The van der Waals surface area contributed by atoms with Crippen LogP contribution in [0.4, 0.5) is 24.5 Å². The zero-order valence-corrected chi connectivity index (χ0v) is 17.5. The molecule has 9 nitrogen and oxygen atoms in total. The molecule has 0 aromatic heterocycles. The summed E-state index contributed by atoms with van der Waals surface area (Å²) in [5, 5.41) is 16.4. The van der Waals surface area contributed by atoms with Crippen LogP contribution in [0.1, 0.15) is 17.5 Å². The molecule has 0 bridgehead atoms. The Morgan fingerprint density at radius 2 is 1.69 bits per heavy atom. The SMILES string of the molecule is COc1cc(CNC(=O)CCNc2ccc(C(F)(F)F)cc2[N+](=O)[O-])cc(OC)c1OC. The van der Waals surface area contributed by atoms with Crippen molar-refractivity contribution >= 4 is 17.3 Å². The molecule has 0 aliphatic rings. The first-order chi connectivity index (χ1) is 15.1. The van der Waals surface area contributed by atoms with Gasteiger partial charge >= 0.3 is 6.18 Å². The first-order valence-electron chi connectivity index (χ1n) is 9.25. The average molecular weight is 457 g/mol. The summed E-state index contributed by atoms with van der Waals surface area (Å²) in [5.41, 5.74) is -1.28. The molecule has 0 atom stereocenters. The van der Waals surface area contributed by atoms with Crippen LogP contribution in [0, 0.1) is 10.1 Å². The number of anilines is 1. The quantitative estimate of drug-likeness (QED) is 0.413. The standard InChI is InChI=1S/C20H22F3N3O6/c1-30-16-8-12(9-17(31-2)19(16)32-3)11-25-18(27)6-7-24-14-5-4-13(20(21,22)23)10-15(14)26(28)29/h4-5,8-10,24H,6-7,11H2,1-3H3,(H,25,27). The zero-order valence-electron chi connectivity index (χ0n) is 17.5. The minimum atomic E-state index is -4.70. The number of halogens is 3. The number of benzene rings is 2. The molecule has 0 saturated heterocycles. The number of nitro groups is 1. The van der Waals surface area contributed by atoms with Crippen molar-refractivity contribution in [1.82, 2.24) is 5.32 Å². The van der Waals surface area contributed by atoms with Gasteiger partial charge in [-0.25, -0.2) is 0 Å². The number of nitrogens with one attached hydrogen (secondary N) is 2. The van der Waals surface area contributed by atoms with Gasteiger partial charge in [-0.1, -0.05) is 0 Å². The van der Waals surface area contributed by atoms with Crippen LogP contribution in [0.15, 0.2) is 30.3 Å². The molecule has 0 unspecified atom stereocenters. The maximum absolute atomic E-state index is 12.8. The summed E-state index contributed by atoms with van der Waals surface area (Å²) >= 11 is 0. The molecule has 0 fully saturated rings. The van der Waals surface area contributed by atoms with Crippen LogP contribution in [0.3, 0.4) is 0 Å². The number of nitrogens with zero attached hydrogens (tertiary/aromatic N) is 1. The summed E-state index contributed by atoms with van der Waals surface area (Å²) in [6, 6.07) is 5.50. The van der Waals surface area contributed by atoms with E-state index in [1.165, 1.54) is 21.3 Å². The van der Waals surface area contributed by atoms with Crippen LogP contribution in [0.2, 0.25) is 0 Å². The van der Waals surface area contributed by atoms with Crippen molar-refractivity contribution in [2.75, 3.05) is 33.2 Å². The van der Waals surface area contributed by atoms with Crippen LogP contribution in [0.25, 0.3) is 0 Å². The number of carbonyl (C=O) groups is 1. The van der Waals surface area contributed by atoms with Gasteiger partial charge in [-0.3, -0.25) is 14.9 Å². The highest BCUT2D eigenvalue weighted by Gasteiger charge is 2.33. The molecule has 0 radical (unpaired) electrons. The fraction of sp³-hybridized carbons (Fsp3) is 0.350. The lowest BCUT2D eigenvalue weighted by molar-refractivity contribution is -0.384. The summed E-state index contributed by atoms with van der Waals surface area (Å²) in [6.45, 7) is 0.128. The summed E-state index contributed by atoms with van der Waals surface area (Å²) in [5.74, 6) is 0.882. The minimum absolute atomic E-state index is 0.0205. The van der Waals surface area contributed by atoms with Gasteiger partial charge in [0.05, 0.1) is 31.8 Å². The third kappa shape index (κ3) is 6.15. The Labute approximate surface area is 181 Å². The molecule has 12 heteroatoms. The van der Waals surface area contributed by atoms with Crippen LogP contribution < -0.4 is 24.8 Å². The number of hydrogen-bond donors (Lipinski definition) is 2. The zero-order chi connectivity index (χ0) is 23.9. The predicted octanol–water partition coefficient (Wildman–Crippen LogP) is 3.76. The van der Waals surface area contributed by atoms with Crippen molar-refractivity contribution in [2.24, 2.45) is 0 Å². The number of methoxy groups -OCH3 is 3. The molecular formula is C20H22F3N3O6. The van der Waals surface area contributed by atoms with E-state index in [0.717, 1.165) is 12.1 Å². The highest BCUT2D eigenvalue weighted by molar-refractivity contribution is 5.76. The Morgan fingerprint density at radius 3 is 2.19 bits per heavy atom. The van der Waals surface area contributed by atoms with E-state index in [9.17, 15) is 28.1 Å². The Morgan fingerprint density at radius 1 is 1.06 bits per heavy atom. The first-order valence-corrected chi connectivity index (χ1v) is 9.25. The van der Waals surface area contributed by atoms with Crippen molar-refractivity contribution in [3.8, 4) is 17.2 Å². The van der Waals surface area contributed by atoms with Crippen molar-refractivity contribution in [3.05, 3.63) is 51.6 Å². The van der Waals surface area contributed by atoms with Crippen LogP contribution in [-0.2, 0) is 17.5 Å². The number of ether oxygens (including phenoxy) is 3. The normalized spacial score (nSPS) is 10.9. The minimum Gasteiger partial charge on any atom is -0.493 e. The summed E-state index contributed by atoms with van der Waals surface area (Å²) in [4.78, 5) is 22.3. The monoisotopic (exact) mass is 457 g/mol. The molecule has 174 valence electrons. The highest BCUT2D eigenvalue weighted by Crippen LogP contribution is 2.38. The second kappa shape index (κ2) is 10.6. The smallest absolute Gasteiger partial charge is 0.416 e. The maximum Gasteiger partial charge on any atom is 0.416 e.